The molecule has 2 aliphatic rings. The highest BCUT2D eigenvalue weighted by atomic mass is 35.5. The predicted octanol–water partition coefficient (Wildman–Crippen LogP) is 1.52. The van der Waals surface area contributed by atoms with Gasteiger partial charge in [-0.3, -0.25) is 4.68 Å². The third kappa shape index (κ3) is 5.49. The van der Waals surface area contributed by atoms with E-state index >= 15 is 0 Å². The first-order valence-corrected chi connectivity index (χ1v) is 12.3. The second-order valence-electron chi connectivity index (χ2n) is 9.31. The minimum atomic E-state index is -3.47. The van der Waals surface area contributed by atoms with Crippen molar-refractivity contribution in [2.45, 2.75) is 45.1 Å². The maximum atomic E-state index is 12.5. The number of anilines is 3. The zero-order valence-corrected chi connectivity index (χ0v) is 19.9. The number of hydrogen-bond donors (Lipinski definition) is 3. The third-order valence-electron chi connectivity index (χ3n) is 5.03. The van der Waals surface area contributed by atoms with Crippen LogP contribution >= 0.6 is 11.6 Å². The van der Waals surface area contributed by atoms with Crippen molar-refractivity contribution in [3.05, 3.63) is 23.6 Å². The molecule has 0 aromatic carbocycles. The van der Waals surface area contributed by atoms with Gasteiger partial charge in [0.25, 0.3) is 0 Å². The molecular weight excluding hydrogens is 458 g/mol. The molecule has 3 N–H and O–H groups in total. The zero-order chi connectivity index (χ0) is 23.1. The number of aromatic nitrogens is 4. The van der Waals surface area contributed by atoms with E-state index < -0.39 is 22.2 Å². The number of fused-ring (bicyclic) bond motifs is 1. The van der Waals surface area contributed by atoms with Gasteiger partial charge in [-0.1, -0.05) is 32.4 Å². The number of nitrogens with one attached hydrogen (secondary N) is 3. The summed E-state index contributed by atoms with van der Waals surface area (Å²) in [6.45, 7) is 6.22. The summed E-state index contributed by atoms with van der Waals surface area (Å²) in [6.07, 6.45) is 4.23. The Balaban J connectivity index is 1.41. The molecule has 2 aromatic rings. The van der Waals surface area contributed by atoms with Crippen LogP contribution in [0.2, 0.25) is 5.02 Å². The van der Waals surface area contributed by atoms with Gasteiger partial charge in [-0.2, -0.15) is 10.1 Å². The fourth-order valence-electron chi connectivity index (χ4n) is 3.89. The molecule has 0 spiro atoms. The molecule has 0 bridgehead atoms. The van der Waals surface area contributed by atoms with E-state index in [0.29, 0.717) is 23.4 Å². The summed E-state index contributed by atoms with van der Waals surface area (Å²) in [4.78, 5) is 8.64. The highest BCUT2D eigenvalue weighted by Gasteiger charge is 2.49. The Morgan fingerprint density at radius 1 is 1.19 bits per heavy atom. The van der Waals surface area contributed by atoms with Gasteiger partial charge in [-0.25, -0.2) is 18.1 Å². The van der Waals surface area contributed by atoms with Crippen LogP contribution in [-0.4, -0.2) is 71.4 Å². The Kier molecular flexibility index (Phi) is 6.34. The van der Waals surface area contributed by atoms with Gasteiger partial charge in [0.05, 0.1) is 49.1 Å². The van der Waals surface area contributed by atoms with Crippen LogP contribution in [0.5, 0.6) is 0 Å². The molecule has 4 rings (SSSR count). The van der Waals surface area contributed by atoms with Crippen LogP contribution in [-0.2, 0) is 26.5 Å². The van der Waals surface area contributed by atoms with Gasteiger partial charge in [-0.05, 0) is 5.41 Å². The number of aryl methyl sites for hydroxylation is 1. The molecule has 32 heavy (non-hydrogen) atoms. The second kappa shape index (κ2) is 8.75. The first-order chi connectivity index (χ1) is 15.0. The van der Waals surface area contributed by atoms with Crippen LogP contribution in [0.4, 0.5) is 17.5 Å². The minimum Gasteiger partial charge on any atom is -0.371 e. The van der Waals surface area contributed by atoms with Gasteiger partial charge in [0, 0.05) is 13.2 Å². The van der Waals surface area contributed by atoms with Crippen molar-refractivity contribution in [2.75, 3.05) is 29.6 Å². The number of sulfonamides is 1. The van der Waals surface area contributed by atoms with Crippen LogP contribution in [0.3, 0.4) is 0 Å². The molecular formula is C19H28ClN7O4S. The summed E-state index contributed by atoms with van der Waals surface area (Å²) in [7, 11) is -1.65. The third-order valence-corrected chi connectivity index (χ3v) is 7.22. The molecule has 13 heteroatoms. The lowest BCUT2D eigenvalue weighted by atomic mass is 10.0. The molecule has 2 aliphatic heterocycles. The van der Waals surface area contributed by atoms with Crippen molar-refractivity contribution in [1.82, 2.24) is 24.5 Å². The van der Waals surface area contributed by atoms with Crippen LogP contribution in [0, 0.1) is 5.41 Å². The lowest BCUT2D eigenvalue weighted by Crippen LogP contribution is -2.46. The Labute approximate surface area is 192 Å². The van der Waals surface area contributed by atoms with Crippen LogP contribution in [0.15, 0.2) is 18.6 Å². The number of rotatable bonds is 7. The lowest BCUT2D eigenvalue weighted by molar-refractivity contribution is 0.0690. The summed E-state index contributed by atoms with van der Waals surface area (Å²) >= 11 is 6.30. The number of hydrogen-bond acceptors (Lipinski definition) is 9. The fourth-order valence-corrected chi connectivity index (χ4v) is 5.92. The molecule has 0 amide bonds. The Morgan fingerprint density at radius 2 is 1.88 bits per heavy atom. The average Bonchev–Trinajstić information content (AvgIpc) is 3.35. The maximum Gasteiger partial charge on any atom is 0.229 e. The quantitative estimate of drug-likeness (QED) is 0.533. The molecule has 2 fully saturated rings. The van der Waals surface area contributed by atoms with Crippen molar-refractivity contribution < 1.29 is 17.9 Å². The highest BCUT2D eigenvalue weighted by molar-refractivity contribution is 7.89. The largest absolute Gasteiger partial charge is 0.371 e. The molecule has 0 aliphatic carbocycles. The zero-order valence-electron chi connectivity index (χ0n) is 18.4. The molecule has 0 radical (unpaired) electrons. The van der Waals surface area contributed by atoms with E-state index in [0.717, 1.165) is 5.69 Å². The Bertz CT molecular complexity index is 1070. The van der Waals surface area contributed by atoms with Crippen LogP contribution in [0.1, 0.15) is 20.8 Å². The summed E-state index contributed by atoms with van der Waals surface area (Å²) in [6, 6.07) is -0.682. The predicted molar refractivity (Wildman–Crippen MR) is 121 cm³/mol. The van der Waals surface area contributed by atoms with Crippen molar-refractivity contribution in [2.24, 2.45) is 12.5 Å². The van der Waals surface area contributed by atoms with E-state index in [4.69, 9.17) is 21.1 Å². The molecule has 2 unspecified atom stereocenters. The molecule has 4 atom stereocenters. The first-order valence-electron chi connectivity index (χ1n) is 10.3. The number of ether oxygens (including phenoxy) is 2. The molecule has 0 saturated carbocycles. The lowest BCUT2D eigenvalue weighted by Gasteiger charge is -2.22. The Hall–Kier alpha value is -1.99. The summed E-state index contributed by atoms with van der Waals surface area (Å²) in [5.41, 5.74) is 0.394. The standard InChI is InChI=1S/C19H28ClN7O4S/c1-19(2,3)10-32(28,29)26-14-9-31-15-13(8-30-16(14)15)24-17-12(20)6-21-18(25-17)23-11-5-22-27(4)7-11/h5-7,13-16,26H,8-10H2,1-4H3,(H2,21,23,24,25)/t13-,14+,15?,16?/m1/s1. The second-order valence-corrected chi connectivity index (χ2v) is 11.5. The maximum absolute atomic E-state index is 12.5. The summed E-state index contributed by atoms with van der Waals surface area (Å²) in [5.74, 6) is 0.821. The van der Waals surface area contributed by atoms with Crippen LogP contribution in [0.25, 0.3) is 0 Å². The van der Waals surface area contributed by atoms with Crippen molar-refractivity contribution in [3.63, 3.8) is 0 Å². The molecule has 2 aromatic heterocycles. The van der Waals surface area contributed by atoms with Gasteiger partial charge in [0.15, 0.2) is 5.82 Å². The molecule has 176 valence electrons. The van der Waals surface area contributed by atoms with E-state index in [9.17, 15) is 8.42 Å². The first kappa shape index (κ1) is 23.2. The average molecular weight is 486 g/mol. The number of halogens is 1. The fraction of sp³-hybridized carbons (Fsp3) is 0.632. The Morgan fingerprint density at radius 3 is 2.53 bits per heavy atom. The summed E-state index contributed by atoms with van der Waals surface area (Å²) < 4.78 is 41.2. The van der Waals surface area contributed by atoms with Crippen molar-refractivity contribution >= 4 is 39.1 Å². The van der Waals surface area contributed by atoms with Crippen LogP contribution < -0.4 is 15.4 Å². The van der Waals surface area contributed by atoms with Gasteiger partial charge in [-0.15, -0.1) is 0 Å². The van der Waals surface area contributed by atoms with Gasteiger partial charge in [0.1, 0.15) is 17.2 Å². The van der Waals surface area contributed by atoms with Gasteiger partial charge < -0.3 is 20.1 Å². The smallest absolute Gasteiger partial charge is 0.229 e. The molecule has 2 saturated heterocycles. The normalized spacial score (nSPS) is 25.7. The molecule has 11 nitrogen and oxygen atoms in total. The monoisotopic (exact) mass is 485 g/mol. The molecule has 4 heterocycles. The van der Waals surface area contributed by atoms with Gasteiger partial charge in [0.2, 0.25) is 16.0 Å². The van der Waals surface area contributed by atoms with E-state index in [2.05, 4.69) is 30.4 Å². The SMILES string of the molecule is Cn1cc(Nc2ncc(Cl)c(N[C@@H]3COC4C3OC[C@@H]4NS(=O)(=O)CC(C)(C)C)n2)cn1. The topological polar surface area (TPSA) is 132 Å². The van der Waals surface area contributed by atoms with E-state index in [1.807, 2.05) is 27.8 Å². The van der Waals surface area contributed by atoms with E-state index in [1.165, 1.54) is 6.20 Å². The van der Waals surface area contributed by atoms with E-state index in [-0.39, 0.29) is 29.9 Å². The number of nitrogens with zero attached hydrogens (tertiary/aromatic N) is 4. The summed E-state index contributed by atoms with van der Waals surface area (Å²) in [5, 5.41) is 10.8. The highest BCUT2D eigenvalue weighted by Crippen LogP contribution is 2.31. The minimum absolute atomic E-state index is 0.0266. The van der Waals surface area contributed by atoms with Crippen molar-refractivity contribution in [3.8, 4) is 0 Å². The van der Waals surface area contributed by atoms with Gasteiger partial charge >= 0.3 is 0 Å². The van der Waals surface area contributed by atoms with Crippen molar-refractivity contribution in [1.29, 1.82) is 0 Å². The van der Waals surface area contributed by atoms with E-state index in [1.54, 1.807) is 17.1 Å².